The van der Waals surface area contributed by atoms with Gasteiger partial charge < -0.3 is 24.1 Å². The molecular formula is C20H29N3O5. The number of aromatic nitrogens is 2. The van der Waals surface area contributed by atoms with Crippen LogP contribution in [-0.4, -0.2) is 39.9 Å². The van der Waals surface area contributed by atoms with Crippen molar-refractivity contribution in [3.63, 3.8) is 0 Å². The van der Waals surface area contributed by atoms with Gasteiger partial charge in [0.1, 0.15) is 17.2 Å². The van der Waals surface area contributed by atoms with Crippen LogP contribution < -0.4 is 10.1 Å². The molecular weight excluding hydrogens is 362 g/mol. The van der Waals surface area contributed by atoms with E-state index in [-0.39, 0.29) is 6.54 Å². The summed E-state index contributed by atoms with van der Waals surface area (Å²) in [6, 6.07) is 5.42. The van der Waals surface area contributed by atoms with Crippen molar-refractivity contribution in [3.8, 4) is 5.75 Å². The zero-order valence-corrected chi connectivity index (χ0v) is 17.4. The van der Waals surface area contributed by atoms with Gasteiger partial charge in [-0.3, -0.25) is 0 Å². The number of alkyl carbamates (subject to hydrolysis) is 1. The molecule has 1 unspecified atom stereocenters. The molecule has 0 aliphatic carbocycles. The second-order valence-corrected chi connectivity index (χ2v) is 7.29. The summed E-state index contributed by atoms with van der Waals surface area (Å²) in [6.07, 6.45) is -1.20. The Morgan fingerprint density at radius 2 is 1.96 bits per heavy atom. The predicted octanol–water partition coefficient (Wildman–Crippen LogP) is 3.41. The zero-order valence-electron chi connectivity index (χ0n) is 17.4. The van der Waals surface area contributed by atoms with Crippen molar-refractivity contribution in [3.05, 3.63) is 24.0 Å². The Hall–Kier alpha value is -2.77. The van der Waals surface area contributed by atoms with E-state index in [1.807, 2.05) is 44.4 Å². The molecule has 8 nitrogen and oxygen atoms in total. The van der Waals surface area contributed by atoms with E-state index in [2.05, 4.69) is 10.3 Å². The van der Waals surface area contributed by atoms with Crippen LogP contribution in [0.3, 0.4) is 0 Å². The van der Waals surface area contributed by atoms with Gasteiger partial charge in [-0.2, -0.15) is 0 Å². The lowest BCUT2D eigenvalue weighted by Gasteiger charge is -2.19. The number of nitrogens with one attached hydrogen (secondary N) is 1. The lowest BCUT2D eigenvalue weighted by molar-refractivity contribution is -0.150. The second-order valence-electron chi connectivity index (χ2n) is 7.29. The lowest BCUT2D eigenvalue weighted by atomic mass is 10.2. The van der Waals surface area contributed by atoms with Crippen molar-refractivity contribution < 1.29 is 23.8 Å². The van der Waals surface area contributed by atoms with Gasteiger partial charge in [-0.25, -0.2) is 14.6 Å². The topological polar surface area (TPSA) is 91.7 Å². The van der Waals surface area contributed by atoms with E-state index >= 15 is 0 Å². The summed E-state index contributed by atoms with van der Waals surface area (Å²) in [5.41, 5.74) is 1.08. The Labute approximate surface area is 165 Å². The van der Waals surface area contributed by atoms with Crippen LogP contribution >= 0.6 is 0 Å². The molecule has 8 heteroatoms. The molecule has 1 aromatic carbocycles. The number of esters is 1. The number of amides is 1. The second kappa shape index (κ2) is 8.95. The van der Waals surface area contributed by atoms with Crippen molar-refractivity contribution in [1.82, 2.24) is 14.9 Å². The first-order chi connectivity index (χ1) is 13.1. The van der Waals surface area contributed by atoms with Crippen LogP contribution in [0, 0.1) is 0 Å². The molecule has 0 saturated carbocycles. The van der Waals surface area contributed by atoms with Crippen LogP contribution in [0.4, 0.5) is 4.79 Å². The molecule has 0 fully saturated rings. The summed E-state index contributed by atoms with van der Waals surface area (Å²) in [7, 11) is 0. The van der Waals surface area contributed by atoms with Crippen LogP contribution in [0.2, 0.25) is 0 Å². The van der Waals surface area contributed by atoms with Crippen molar-refractivity contribution in [2.75, 3.05) is 6.61 Å². The fourth-order valence-electron chi connectivity index (χ4n) is 2.69. The maximum atomic E-state index is 11.9. The minimum atomic E-state index is -0.705. The van der Waals surface area contributed by atoms with E-state index < -0.39 is 23.8 Å². The molecule has 0 spiro atoms. The van der Waals surface area contributed by atoms with Gasteiger partial charge in [0.15, 0.2) is 6.10 Å². The number of ether oxygens (including phenoxy) is 3. The quantitative estimate of drug-likeness (QED) is 0.727. The van der Waals surface area contributed by atoms with Crippen LogP contribution in [0.5, 0.6) is 5.75 Å². The summed E-state index contributed by atoms with van der Waals surface area (Å²) in [4.78, 5) is 28.3. The van der Waals surface area contributed by atoms with E-state index in [4.69, 9.17) is 14.2 Å². The molecule has 1 heterocycles. The third-order valence-electron chi connectivity index (χ3n) is 3.84. The summed E-state index contributed by atoms with van der Waals surface area (Å²) in [6.45, 7) is 12.0. The van der Waals surface area contributed by atoms with Crippen LogP contribution in [0.15, 0.2) is 18.2 Å². The number of benzene rings is 1. The summed E-state index contributed by atoms with van der Waals surface area (Å²) >= 11 is 0. The first kappa shape index (κ1) is 21.5. The number of nitrogens with zero attached hydrogens (tertiary/aromatic N) is 2. The molecule has 1 atom stereocenters. The van der Waals surface area contributed by atoms with E-state index in [0.717, 1.165) is 11.0 Å². The normalized spacial score (nSPS) is 12.5. The van der Waals surface area contributed by atoms with Crippen molar-refractivity contribution in [1.29, 1.82) is 0 Å². The predicted molar refractivity (Wildman–Crippen MR) is 105 cm³/mol. The van der Waals surface area contributed by atoms with E-state index in [1.54, 1.807) is 19.9 Å². The molecule has 28 heavy (non-hydrogen) atoms. The average Bonchev–Trinajstić information content (AvgIpc) is 2.95. The molecule has 0 aliphatic heterocycles. The fourth-order valence-corrected chi connectivity index (χ4v) is 2.69. The van der Waals surface area contributed by atoms with E-state index in [9.17, 15) is 9.59 Å². The highest BCUT2D eigenvalue weighted by Gasteiger charge is 2.19. The monoisotopic (exact) mass is 391 g/mol. The molecule has 0 radical (unpaired) electrons. The molecule has 1 amide bonds. The molecule has 1 N–H and O–H groups in total. The smallest absolute Gasteiger partial charge is 0.408 e. The minimum Gasteiger partial charge on any atom is -0.479 e. The van der Waals surface area contributed by atoms with Gasteiger partial charge in [0.2, 0.25) is 0 Å². The molecule has 1 aromatic heterocycles. The molecule has 154 valence electrons. The number of carbonyl (C=O) groups excluding carboxylic acids is 2. The van der Waals surface area contributed by atoms with Gasteiger partial charge in [-0.05, 0) is 53.7 Å². The number of hydrogen-bond acceptors (Lipinski definition) is 6. The molecule has 2 rings (SSSR count). The number of fused-ring (bicyclic) bond motifs is 1. The number of imidazole rings is 1. The van der Waals surface area contributed by atoms with Crippen molar-refractivity contribution in [2.24, 2.45) is 0 Å². The molecule has 0 aliphatic rings. The van der Waals surface area contributed by atoms with Crippen LogP contribution in [0.1, 0.15) is 47.4 Å². The highest BCUT2D eigenvalue weighted by Crippen LogP contribution is 2.23. The standard InChI is InChI=1S/C20H29N3O5/c1-7-23-16-11-14(27-13(3)18(24)26-8-2)9-10-15(16)22-17(23)12-21-19(25)28-20(4,5)6/h9-11,13H,7-8,12H2,1-6H3,(H,21,25). The SMILES string of the molecule is CCOC(=O)C(C)Oc1ccc2nc(CNC(=O)OC(C)(C)C)n(CC)c2c1. The summed E-state index contributed by atoms with van der Waals surface area (Å²) < 4.78 is 17.9. The van der Waals surface area contributed by atoms with Gasteiger partial charge in [-0.1, -0.05) is 0 Å². The Morgan fingerprint density at radius 3 is 2.57 bits per heavy atom. The first-order valence-corrected chi connectivity index (χ1v) is 9.44. The summed E-state index contributed by atoms with van der Waals surface area (Å²) in [5.74, 6) is 0.849. The number of aryl methyl sites for hydroxylation is 1. The Bertz CT molecular complexity index is 838. The van der Waals surface area contributed by atoms with Gasteiger partial charge in [0.05, 0.1) is 24.2 Å². The largest absolute Gasteiger partial charge is 0.479 e. The van der Waals surface area contributed by atoms with E-state index in [0.29, 0.717) is 24.7 Å². The maximum Gasteiger partial charge on any atom is 0.408 e. The maximum absolute atomic E-state index is 11.9. The van der Waals surface area contributed by atoms with Gasteiger partial charge in [0, 0.05) is 12.6 Å². The third kappa shape index (κ3) is 5.61. The first-order valence-electron chi connectivity index (χ1n) is 9.44. The average molecular weight is 391 g/mol. The zero-order chi connectivity index (χ0) is 20.9. The Balaban J connectivity index is 2.17. The minimum absolute atomic E-state index is 0.243. The van der Waals surface area contributed by atoms with Crippen LogP contribution in [-0.2, 0) is 27.4 Å². The summed E-state index contributed by atoms with van der Waals surface area (Å²) in [5, 5.41) is 2.73. The van der Waals surface area contributed by atoms with E-state index in [1.165, 1.54) is 0 Å². The van der Waals surface area contributed by atoms with Gasteiger partial charge in [0.25, 0.3) is 0 Å². The number of hydrogen-bond donors (Lipinski definition) is 1. The molecule has 2 aromatic rings. The lowest BCUT2D eigenvalue weighted by Crippen LogP contribution is -2.32. The molecule has 0 bridgehead atoms. The third-order valence-corrected chi connectivity index (χ3v) is 3.84. The Morgan fingerprint density at radius 1 is 1.25 bits per heavy atom. The van der Waals surface area contributed by atoms with Gasteiger partial charge >= 0.3 is 12.1 Å². The van der Waals surface area contributed by atoms with Crippen LogP contribution in [0.25, 0.3) is 11.0 Å². The van der Waals surface area contributed by atoms with Crippen molar-refractivity contribution >= 4 is 23.1 Å². The van der Waals surface area contributed by atoms with Gasteiger partial charge in [-0.15, -0.1) is 0 Å². The Kier molecular flexibility index (Phi) is 6.88. The fraction of sp³-hybridized carbons (Fsp3) is 0.550. The highest BCUT2D eigenvalue weighted by atomic mass is 16.6. The number of rotatable bonds is 7. The molecule has 0 saturated heterocycles. The number of carbonyl (C=O) groups is 2. The highest BCUT2D eigenvalue weighted by molar-refractivity contribution is 5.79. The van der Waals surface area contributed by atoms with Crippen molar-refractivity contribution in [2.45, 2.75) is 66.3 Å².